The zero-order valence-electron chi connectivity index (χ0n) is 14.3. The molecule has 1 fully saturated rings. The minimum absolute atomic E-state index is 0.583. The maximum atomic E-state index is 11.3. The van der Waals surface area contributed by atoms with E-state index in [2.05, 4.69) is 11.8 Å². The number of hydrogen-bond acceptors (Lipinski definition) is 4. The third kappa shape index (κ3) is 4.38. The van der Waals surface area contributed by atoms with Gasteiger partial charge in [0.15, 0.2) is 11.5 Å². The Balaban J connectivity index is 2.00. The summed E-state index contributed by atoms with van der Waals surface area (Å²) in [5.41, 5.74) is 0.479. The highest BCUT2D eigenvalue weighted by Crippen LogP contribution is 2.33. The van der Waals surface area contributed by atoms with E-state index >= 15 is 0 Å². The standard InChI is InChI=1S/C18H27NO4/c1-4-5-10-23-15-7-6-14(11-16(15)22-3)12-19-9-8-18(2,13-19)17(20)21/h6-7,11H,4-5,8-10,12-13H2,1-3H3,(H,20,21). The van der Waals surface area contributed by atoms with Crippen LogP contribution in [-0.2, 0) is 11.3 Å². The van der Waals surface area contributed by atoms with E-state index in [1.54, 1.807) is 7.11 Å². The second-order valence-electron chi connectivity index (χ2n) is 6.51. The fourth-order valence-electron chi connectivity index (χ4n) is 2.88. The molecule has 1 aliphatic rings. The highest BCUT2D eigenvalue weighted by atomic mass is 16.5. The molecule has 1 aliphatic heterocycles. The monoisotopic (exact) mass is 321 g/mol. The predicted octanol–water partition coefficient (Wildman–Crippen LogP) is 3.17. The summed E-state index contributed by atoms with van der Waals surface area (Å²) in [6.07, 6.45) is 2.81. The highest BCUT2D eigenvalue weighted by molar-refractivity contribution is 5.74. The van der Waals surface area contributed by atoms with Crippen molar-refractivity contribution in [3.63, 3.8) is 0 Å². The van der Waals surface area contributed by atoms with Crippen molar-refractivity contribution >= 4 is 5.97 Å². The van der Waals surface area contributed by atoms with Gasteiger partial charge in [-0.05, 0) is 44.0 Å². The van der Waals surface area contributed by atoms with Gasteiger partial charge in [0.1, 0.15) is 0 Å². The van der Waals surface area contributed by atoms with Crippen LogP contribution in [0.25, 0.3) is 0 Å². The first-order valence-electron chi connectivity index (χ1n) is 8.24. The molecule has 0 spiro atoms. The molecule has 1 heterocycles. The third-order valence-electron chi connectivity index (χ3n) is 4.46. The number of likely N-dealkylation sites (tertiary alicyclic amines) is 1. The Hall–Kier alpha value is -1.75. The first kappa shape index (κ1) is 17.6. The molecule has 128 valence electrons. The number of carbonyl (C=O) groups is 1. The molecule has 5 nitrogen and oxygen atoms in total. The highest BCUT2D eigenvalue weighted by Gasteiger charge is 2.40. The lowest BCUT2D eigenvalue weighted by atomic mass is 9.90. The van der Waals surface area contributed by atoms with Gasteiger partial charge in [-0.3, -0.25) is 9.69 Å². The molecular weight excluding hydrogens is 294 g/mol. The Kier molecular flexibility index (Phi) is 5.88. The third-order valence-corrected chi connectivity index (χ3v) is 4.46. The van der Waals surface area contributed by atoms with Gasteiger partial charge in [-0.15, -0.1) is 0 Å². The number of ether oxygens (including phenoxy) is 2. The van der Waals surface area contributed by atoms with E-state index in [0.29, 0.717) is 19.6 Å². The molecule has 1 aromatic carbocycles. The van der Waals surface area contributed by atoms with E-state index in [1.165, 1.54) is 0 Å². The van der Waals surface area contributed by atoms with Gasteiger partial charge in [-0.25, -0.2) is 0 Å². The molecule has 0 aliphatic carbocycles. The second-order valence-corrected chi connectivity index (χ2v) is 6.51. The lowest BCUT2D eigenvalue weighted by molar-refractivity contribution is -0.147. The maximum absolute atomic E-state index is 11.3. The Morgan fingerprint density at radius 3 is 2.78 bits per heavy atom. The van der Waals surface area contributed by atoms with Crippen LogP contribution in [0.5, 0.6) is 11.5 Å². The fraction of sp³-hybridized carbons (Fsp3) is 0.611. The molecule has 1 unspecified atom stereocenters. The summed E-state index contributed by atoms with van der Waals surface area (Å²) in [7, 11) is 1.64. The molecule has 1 aromatic rings. The van der Waals surface area contributed by atoms with Crippen LogP contribution in [0.4, 0.5) is 0 Å². The smallest absolute Gasteiger partial charge is 0.310 e. The van der Waals surface area contributed by atoms with Gasteiger partial charge >= 0.3 is 5.97 Å². The van der Waals surface area contributed by atoms with Crippen molar-refractivity contribution in [1.29, 1.82) is 0 Å². The first-order valence-corrected chi connectivity index (χ1v) is 8.24. The minimum Gasteiger partial charge on any atom is -0.493 e. The van der Waals surface area contributed by atoms with Crippen LogP contribution < -0.4 is 9.47 Å². The Bertz CT molecular complexity index is 546. The Morgan fingerprint density at radius 2 is 2.17 bits per heavy atom. The minimum atomic E-state index is -0.711. The predicted molar refractivity (Wildman–Crippen MR) is 89.0 cm³/mol. The van der Waals surface area contributed by atoms with E-state index in [1.807, 2.05) is 25.1 Å². The SMILES string of the molecule is CCCCOc1ccc(CN2CCC(C)(C(=O)O)C2)cc1OC. The molecule has 23 heavy (non-hydrogen) atoms. The van der Waals surface area contributed by atoms with E-state index in [4.69, 9.17) is 9.47 Å². The van der Waals surface area contributed by atoms with Crippen molar-refractivity contribution in [2.24, 2.45) is 5.41 Å². The van der Waals surface area contributed by atoms with Crippen molar-refractivity contribution in [1.82, 2.24) is 4.90 Å². The summed E-state index contributed by atoms with van der Waals surface area (Å²) in [5.74, 6) is 0.789. The molecule has 0 bridgehead atoms. The van der Waals surface area contributed by atoms with Crippen LogP contribution in [0.3, 0.4) is 0 Å². The number of benzene rings is 1. The number of hydrogen-bond donors (Lipinski definition) is 1. The summed E-state index contributed by atoms with van der Waals surface area (Å²) < 4.78 is 11.2. The number of aliphatic carboxylic acids is 1. The molecule has 0 aromatic heterocycles. The summed E-state index contributed by atoms with van der Waals surface area (Å²) in [5, 5.41) is 9.31. The van der Waals surface area contributed by atoms with Crippen LogP contribution in [0.15, 0.2) is 18.2 Å². The summed E-state index contributed by atoms with van der Waals surface area (Å²) in [4.78, 5) is 13.5. The largest absolute Gasteiger partial charge is 0.493 e. The van der Waals surface area contributed by atoms with Crippen molar-refractivity contribution in [2.75, 3.05) is 26.8 Å². The first-order chi connectivity index (χ1) is 11.0. The lowest BCUT2D eigenvalue weighted by Gasteiger charge is -2.20. The molecule has 1 N–H and O–H groups in total. The zero-order chi connectivity index (χ0) is 16.9. The Morgan fingerprint density at radius 1 is 1.39 bits per heavy atom. The average Bonchev–Trinajstić information content (AvgIpc) is 2.91. The van der Waals surface area contributed by atoms with Crippen LogP contribution in [0, 0.1) is 5.41 Å². The Labute approximate surface area is 138 Å². The number of nitrogens with zero attached hydrogens (tertiary/aromatic N) is 1. The van der Waals surface area contributed by atoms with Gasteiger partial charge in [0.05, 0.1) is 19.1 Å². The number of rotatable bonds is 8. The van der Waals surface area contributed by atoms with Crippen molar-refractivity contribution in [2.45, 2.75) is 39.7 Å². The van der Waals surface area contributed by atoms with Crippen molar-refractivity contribution in [3.05, 3.63) is 23.8 Å². The molecule has 1 saturated heterocycles. The fourth-order valence-corrected chi connectivity index (χ4v) is 2.88. The quantitative estimate of drug-likeness (QED) is 0.745. The molecule has 0 amide bonds. The van der Waals surface area contributed by atoms with Gasteiger partial charge in [0.2, 0.25) is 0 Å². The second kappa shape index (κ2) is 7.68. The van der Waals surface area contributed by atoms with Gasteiger partial charge < -0.3 is 14.6 Å². The van der Waals surface area contributed by atoms with Gasteiger partial charge in [-0.2, -0.15) is 0 Å². The topological polar surface area (TPSA) is 59.0 Å². The van der Waals surface area contributed by atoms with E-state index in [0.717, 1.165) is 43.0 Å². The molecule has 2 rings (SSSR count). The molecule has 1 atom stereocenters. The number of methoxy groups -OCH3 is 1. The van der Waals surface area contributed by atoms with E-state index in [-0.39, 0.29) is 0 Å². The number of carboxylic acid groups (broad SMARTS) is 1. The summed E-state index contributed by atoms with van der Waals surface area (Å²) in [6.45, 7) is 6.76. The van der Waals surface area contributed by atoms with Crippen LogP contribution >= 0.6 is 0 Å². The normalized spacial score (nSPS) is 21.3. The zero-order valence-corrected chi connectivity index (χ0v) is 14.3. The van der Waals surface area contributed by atoms with Crippen molar-refractivity contribution in [3.8, 4) is 11.5 Å². The average molecular weight is 321 g/mol. The van der Waals surface area contributed by atoms with Crippen LogP contribution in [-0.4, -0.2) is 42.8 Å². The van der Waals surface area contributed by atoms with Gasteiger partial charge in [0, 0.05) is 13.1 Å². The molecule has 0 radical (unpaired) electrons. The van der Waals surface area contributed by atoms with E-state index < -0.39 is 11.4 Å². The van der Waals surface area contributed by atoms with Crippen LogP contribution in [0.1, 0.15) is 38.7 Å². The van der Waals surface area contributed by atoms with E-state index in [9.17, 15) is 9.90 Å². The lowest BCUT2D eigenvalue weighted by Crippen LogP contribution is -2.31. The van der Waals surface area contributed by atoms with Gasteiger partial charge in [0.25, 0.3) is 0 Å². The molecule has 5 heteroatoms. The van der Waals surface area contributed by atoms with Gasteiger partial charge in [-0.1, -0.05) is 19.4 Å². The summed E-state index contributed by atoms with van der Waals surface area (Å²) in [6, 6.07) is 5.95. The van der Waals surface area contributed by atoms with Crippen molar-refractivity contribution < 1.29 is 19.4 Å². The molecular formula is C18H27NO4. The number of unbranched alkanes of at least 4 members (excludes halogenated alkanes) is 1. The number of carboxylic acids is 1. The molecule has 0 saturated carbocycles. The van der Waals surface area contributed by atoms with Crippen LogP contribution in [0.2, 0.25) is 0 Å². The maximum Gasteiger partial charge on any atom is 0.310 e. The summed E-state index contributed by atoms with van der Waals surface area (Å²) >= 11 is 0.